The highest BCUT2D eigenvalue weighted by atomic mass is 127. The Morgan fingerprint density at radius 2 is 2.05 bits per heavy atom. The number of halogens is 2. The summed E-state index contributed by atoms with van der Waals surface area (Å²) in [6.45, 7) is 0. The third-order valence-corrected chi connectivity index (χ3v) is 5.78. The smallest absolute Gasteiger partial charge is 0.0312 e. The molecule has 1 aliphatic rings. The number of hydrogen-bond donors (Lipinski definition) is 1. The molecular weight excluding hydrogens is 437 g/mol. The van der Waals surface area contributed by atoms with E-state index in [0.717, 1.165) is 10.9 Å². The number of rotatable bonds is 3. The molecule has 0 radical (unpaired) electrons. The molecule has 0 amide bonds. The SMILES string of the molecule is NC(CC1CCCc2ccccc21)c1cc(I)ccc1Br. The average Bonchev–Trinajstić information content (AvgIpc) is 2.50. The summed E-state index contributed by atoms with van der Waals surface area (Å²) in [6, 6.07) is 15.4. The van der Waals surface area contributed by atoms with Gasteiger partial charge in [-0.15, -0.1) is 0 Å². The van der Waals surface area contributed by atoms with Gasteiger partial charge in [-0.05, 0) is 89.1 Å². The van der Waals surface area contributed by atoms with Crippen LogP contribution in [0.15, 0.2) is 46.9 Å². The molecule has 0 saturated carbocycles. The highest BCUT2D eigenvalue weighted by Gasteiger charge is 2.23. The number of fused-ring (bicyclic) bond motifs is 1. The Morgan fingerprint density at radius 1 is 1.24 bits per heavy atom. The molecule has 0 aliphatic heterocycles. The molecule has 3 heteroatoms. The Kier molecular flexibility index (Phi) is 5.02. The van der Waals surface area contributed by atoms with E-state index in [1.807, 2.05) is 0 Å². The number of aryl methyl sites for hydroxylation is 1. The van der Waals surface area contributed by atoms with Crippen molar-refractivity contribution in [3.8, 4) is 0 Å². The maximum Gasteiger partial charge on any atom is 0.0312 e. The highest BCUT2D eigenvalue weighted by Crippen LogP contribution is 2.38. The summed E-state index contributed by atoms with van der Waals surface area (Å²) in [5, 5.41) is 0. The lowest BCUT2D eigenvalue weighted by atomic mass is 9.79. The summed E-state index contributed by atoms with van der Waals surface area (Å²) in [5.74, 6) is 0.592. The zero-order chi connectivity index (χ0) is 14.8. The Morgan fingerprint density at radius 3 is 2.90 bits per heavy atom. The van der Waals surface area contributed by atoms with Crippen molar-refractivity contribution in [2.45, 2.75) is 37.6 Å². The molecule has 2 atom stereocenters. The van der Waals surface area contributed by atoms with Crippen molar-refractivity contribution in [3.63, 3.8) is 0 Å². The van der Waals surface area contributed by atoms with E-state index < -0.39 is 0 Å². The van der Waals surface area contributed by atoms with Gasteiger partial charge in [-0.1, -0.05) is 40.2 Å². The van der Waals surface area contributed by atoms with Crippen LogP contribution >= 0.6 is 38.5 Å². The van der Waals surface area contributed by atoms with Gasteiger partial charge in [0.15, 0.2) is 0 Å². The fourth-order valence-corrected chi connectivity index (χ4v) is 4.39. The van der Waals surface area contributed by atoms with Crippen LogP contribution in [0.4, 0.5) is 0 Å². The van der Waals surface area contributed by atoms with Gasteiger partial charge >= 0.3 is 0 Å². The summed E-state index contributed by atoms with van der Waals surface area (Å²) in [5.41, 5.74) is 10.8. The van der Waals surface area contributed by atoms with Gasteiger partial charge in [0.05, 0.1) is 0 Å². The minimum atomic E-state index is 0.0882. The summed E-state index contributed by atoms with van der Waals surface area (Å²) in [6.07, 6.45) is 4.78. The maximum absolute atomic E-state index is 6.52. The summed E-state index contributed by atoms with van der Waals surface area (Å²) in [7, 11) is 0. The van der Waals surface area contributed by atoms with Gasteiger partial charge in [0.25, 0.3) is 0 Å². The maximum atomic E-state index is 6.52. The molecule has 0 fully saturated rings. The summed E-state index contributed by atoms with van der Waals surface area (Å²) in [4.78, 5) is 0. The fraction of sp³-hybridized carbons (Fsp3) is 0.333. The first-order chi connectivity index (χ1) is 10.1. The second-order valence-corrected chi connectivity index (χ2v) is 7.90. The molecular formula is C18H19BrIN. The predicted molar refractivity (Wildman–Crippen MR) is 101 cm³/mol. The molecule has 0 aromatic heterocycles. The van der Waals surface area contributed by atoms with E-state index in [-0.39, 0.29) is 6.04 Å². The van der Waals surface area contributed by atoms with E-state index in [4.69, 9.17) is 5.73 Å². The van der Waals surface area contributed by atoms with Crippen LogP contribution in [-0.4, -0.2) is 0 Å². The molecule has 2 unspecified atom stereocenters. The fourth-order valence-electron chi connectivity index (χ4n) is 3.33. The van der Waals surface area contributed by atoms with Crippen molar-refractivity contribution < 1.29 is 0 Å². The van der Waals surface area contributed by atoms with Gasteiger partial charge in [-0.3, -0.25) is 0 Å². The first kappa shape index (κ1) is 15.5. The molecule has 2 N–H and O–H groups in total. The van der Waals surface area contributed by atoms with E-state index in [9.17, 15) is 0 Å². The molecule has 21 heavy (non-hydrogen) atoms. The van der Waals surface area contributed by atoms with Crippen LogP contribution < -0.4 is 5.73 Å². The predicted octanol–water partition coefficient (Wildman–Crippen LogP) is 5.56. The van der Waals surface area contributed by atoms with E-state index in [1.54, 1.807) is 0 Å². The number of nitrogens with two attached hydrogens (primary N) is 1. The number of benzene rings is 2. The molecule has 110 valence electrons. The van der Waals surface area contributed by atoms with Crippen LogP contribution in [0.5, 0.6) is 0 Å². The van der Waals surface area contributed by atoms with Crippen molar-refractivity contribution in [3.05, 3.63) is 67.2 Å². The first-order valence-corrected chi connectivity index (χ1v) is 9.30. The normalized spacial score (nSPS) is 19.1. The lowest BCUT2D eigenvalue weighted by Gasteiger charge is -2.28. The molecule has 0 saturated heterocycles. The lowest BCUT2D eigenvalue weighted by Crippen LogP contribution is -2.18. The first-order valence-electron chi connectivity index (χ1n) is 7.43. The molecule has 2 aromatic carbocycles. The van der Waals surface area contributed by atoms with Crippen molar-refractivity contribution in [1.82, 2.24) is 0 Å². The largest absolute Gasteiger partial charge is 0.324 e. The van der Waals surface area contributed by atoms with Gasteiger partial charge < -0.3 is 5.73 Å². The molecule has 1 nitrogen and oxygen atoms in total. The topological polar surface area (TPSA) is 26.0 Å². The minimum Gasteiger partial charge on any atom is -0.324 e. The minimum absolute atomic E-state index is 0.0882. The van der Waals surface area contributed by atoms with Crippen molar-refractivity contribution >= 4 is 38.5 Å². The molecule has 1 aliphatic carbocycles. The molecule has 3 rings (SSSR count). The second kappa shape index (κ2) is 6.80. The molecule has 0 spiro atoms. The highest BCUT2D eigenvalue weighted by molar-refractivity contribution is 14.1. The van der Waals surface area contributed by atoms with Crippen molar-refractivity contribution in [1.29, 1.82) is 0 Å². The Balaban J connectivity index is 1.82. The van der Waals surface area contributed by atoms with Crippen LogP contribution in [0.2, 0.25) is 0 Å². The van der Waals surface area contributed by atoms with Crippen molar-refractivity contribution in [2.24, 2.45) is 5.73 Å². The Bertz CT molecular complexity index is 641. The zero-order valence-electron chi connectivity index (χ0n) is 11.9. The monoisotopic (exact) mass is 455 g/mol. The van der Waals surface area contributed by atoms with E-state index >= 15 is 0 Å². The Hall–Kier alpha value is -0.390. The standard InChI is InChI=1S/C18H19BrIN/c19-17-9-8-14(20)11-16(17)18(21)10-13-6-3-5-12-4-1-2-7-15(12)13/h1-2,4,7-9,11,13,18H,3,5-6,10,21H2. The van der Waals surface area contributed by atoms with Crippen LogP contribution in [0.3, 0.4) is 0 Å². The molecule has 0 bridgehead atoms. The second-order valence-electron chi connectivity index (χ2n) is 5.80. The molecule has 2 aromatic rings. The molecule has 0 heterocycles. The van der Waals surface area contributed by atoms with Gasteiger partial charge in [-0.25, -0.2) is 0 Å². The van der Waals surface area contributed by atoms with Gasteiger partial charge in [0.2, 0.25) is 0 Å². The van der Waals surface area contributed by atoms with Crippen LogP contribution in [0.25, 0.3) is 0 Å². The van der Waals surface area contributed by atoms with E-state index in [1.165, 1.54) is 39.5 Å². The van der Waals surface area contributed by atoms with Crippen molar-refractivity contribution in [2.75, 3.05) is 0 Å². The van der Waals surface area contributed by atoms with Crippen LogP contribution in [0.1, 0.15) is 47.9 Å². The lowest BCUT2D eigenvalue weighted by molar-refractivity contribution is 0.475. The van der Waals surface area contributed by atoms with Gasteiger partial charge in [-0.2, -0.15) is 0 Å². The quantitative estimate of drug-likeness (QED) is 0.602. The van der Waals surface area contributed by atoms with Crippen LogP contribution in [-0.2, 0) is 6.42 Å². The third-order valence-electron chi connectivity index (χ3n) is 4.39. The van der Waals surface area contributed by atoms with Crippen LogP contribution in [0, 0.1) is 3.57 Å². The third kappa shape index (κ3) is 3.51. The zero-order valence-corrected chi connectivity index (χ0v) is 15.6. The van der Waals surface area contributed by atoms with Gasteiger partial charge in [0, 0.05) is 14.1 Å². The Labute approximate surface area is 148 Å². The van der Waals surface area contributed by atoms with E-state index in [2.05, 4.69) is 81.0 Å². The number of hydrogen-bond acceptors (Lipinski definition) is 1. The van der Waals surface area contributed by atoms with E-state index in [0.29, 0.717) is 5.92 Å². The average molecular weight is 456 g/mol. The summed E-state index contributed by atoms with van der Waals surface area (Å²) >= 11 is 5.99. The summed E-state index contributed by atoms with van der Waals surface area (Å²) < 4.78 is 2.37. The van der Waals surface area contributed by atoms with Gasteiger partial charge in [0.1, 0.15) is 0 Å².